The molecular formula is C19H22F3N7O. The van der Waals surface area contributed by atoms with Crippen molar-refractivity contribution in [3.63, 3.8) is 0 Å². The molecule has 2 unspecified atom stereocenters. The van der Waals surface area contributed by atoms with E-state index in [0.717, 1.165) is 6.20 Å². The van der Waals surface area contributed by atoms with Gasteiger partial charge in [0.05, 0.1) is 24.0 Å². The molecule has 4 fully saturated rings. The number of fused-ring (bicyclic) bond motifs is 1. The Morgan fingerprint density at radius 1 is 1.27 bits per heavy atom. The molecule has 2 saturated heterocycles. The molecule has 0 bridgehead atoms. The van der Waals surface area contributed by atoms with Gasteiger partial charge in [-0.25, -0.2) is 18.2 Å². The first-order valence-electron chi connectivity index (χ1n) is 10.1. The van der Waals surface area contributed by atoms with Crippen LogP contribution < -0.4 is 15.5 Å². The molecular weight excluding hydrogens is 399 g/mol. The van der Waals surface area contributed by atoms with Crippen molar-refractivity contribution in [3.05, 3.63) is 24.4 Å². The Balaban J connectivity index is 1.16. The van der Waals surface area contributed by atoms with E-state index in [1.165, 1.54) is 0 Å². The van der Waals surface area contributed by atoms with Gasteiger partial charge in [-0.2, -0.15) is 10.1 Å². The molecule has 0 radical (unpaired) electrons. The fourth-order valence-electron chi connectivity index (χ4n) is 5.03. The molecule has 160 valence electrons. The molecule has 30 heavy (non-hydrogen) atoms. The van der Waals surface area contributed by atoms with Crippen LogP contribution in [0.2, 0.25) is 0 Å². The normalized spacial score (nSPS) is 37.8. The maximum absolute atomic E-state index is 14.5. The Hall–Kier alpha value is -2.40. The second kappa shape index (κ2) is 5.85. The fraction of sp³-hybridized carbons (Fsp3) is 0.632. The van der Waals surface area contributed by atoms with Crippen LogP contribution in [-0.2, 0) is 11.8 Å². The van der Waals surface area contributed by atoms with Crippen LogP contribution in [0.3, 0.4) is 0 Å². The average Bonchev–Trinajstić information content (AvgIpc) is 3.57. The average molecular weight is 421 g/mol. The number of halogens is 3. The third-order valence-electron chi connectivity index (χ3n) is 7.03. The number of aryl methyl sites for hydroxylation is 1. The molecule has 2 aliphatic heterocycles. The lowest BCUT2D eigenvalue weighted by Crippen LogP contribution is -2.43. The number of nitrogens with one attached hydrogen (secondary N) is 2. The zero-order valence-corrected chi connectivity index (χ0v) is 16.5. The number of nitrogens with zero attached hydrogens (tertiary/aromatic N) is 5. The van der Waals surface area contributed by atoms with E-state index in [-0.39, 0.29) is 30.0 Å². The number of epoxide rings is 1. The van der Waals surface area contributed by atoms with Crippen LogP contribution >= 0.6 is 0 Å². The molecule has 6 atom stereocenters. The molecule has 8 nitrogen and oxygen atoms in total. The van der Waals surface area contributed by atoms with Crippen molar-refractivity contribution in [2.75, 3.05) is 23.3 Å². The van der Waals surface area contributed by atoms with E-state index < -0.39 is 23.8 Å². The predicted octanol–water partition coefficient (Wildman–Crippen LogP) is 1.89. The summed E-state index contributed by atoms with van der Waals surface area (Å²) in [6.07, 6.45) is 3.72. The van der Waals surface area contributed by atoms with Gasteiger partial charge in [0.2, 0.25) is 5.95 Å². The van der Waals surface area contributed by atoms with Crippen LogP contribution in [0.4, 0.5) is 30.6 Å². The van der Waals surface area contributed by atoms with E-state index in [4.69, 9.17) is 4.74 Å². The van der Waals surface area contributed by atoms with Gasteiger partial charge in [-0.05, 0) is 5.92 Å². The molecule has 4 heterocycles. The molecule has 2 saturated carbocycles. The SMILES string of the molecule is C[C@H]1[C@H]2CN(c3nc(Nc4cnn(C)c4)ncc3F)C[C@]21NC1OC1[C@@H]1CC1(F)F. The van der Waals surface area contributed by atoms with Crippen LogP contribution in [0.15, 0.2) is 18.6 Å². The highest BCUT2D eigenvalue weighted by atomic mass is 19.3. The van der Waals surface area contributed by atoms with Crippen molar-refractivity contribution in [3.8, 4) is 0 Å². The Bertz CT molecular complexity index is 1020. The number of anilines is 3. The van der Waals surface area contributed by atoms with Crippen molar-refractivity contribution < 1.29 is 17.9 Å². The van der Waals surface area contributed by atoms with E-state index in [9.17, 15) is 13.2 Å². The molecule has 2 aromatic heterocycles. The fourth-order valence-corrected chi connectivity index (χ4v) is 5.03. The summed E-state index contributed by atoms with van der Waals surface area (Å²) in [7, 11) is 1.80. The Morgan fingerprint density at radius 2 is 2.07 bits per heavy atom. The third-order valence-corrected chi connectivity index (χ3v) is 7.03. The van der Waals surface area contributed by atoms with E-state index in [1.807, 2.05) is 4.90 Å². The zero-order valence-electron chi connectivity index (χ0n) is 16.5. The van der Waals surface area contributed by atoms with Gasteiger partial charge in [0.15, 0.2) is 11.6 Å². The summed E-state index contributed by atoms with van der Waals surface area (Å²) < 4.78 is 48.3. The summed E-state index contributed by atoms with van der Waals surface area (Å²) in [5.41, 5.74) is 0.456. The maximum Gasteiger partial charge on any atom is 0.254 e. The monoisotopic (exact) mass is 421 g/mol. The number of hydrogen-bond donors (Lipinski definition) is 2. The number of piperidine rings is 1. The lowest BCUT2D eigenvalue weighted by atomic mass is 10.2. The van der Waals surface area contributed by atoms with Gasteiger partial charge in [-0.1, -0.05) is 6.92 Å². The first kappa shape index (κ1) is 18.4. The topological polar surface area (TPSA) is 83.4 Å². The molecule has 0 aromatic carbocycles. The van der Waals surface area contributed by atoms with Crippen LogP contribution in [0.25, 0.3) is 0 Å². The maximum atomic E-state index is 14.5. The van der Waals surface area contributed by atoms with E-state index in [0.29, 0.717) is 30.6 Å². The summed E-state index contributed by atoms with van der Waals surface area (Å²) in [5.74, 6) is -2.56. The molecule has 6 rings (SSSR count). The molecule has 0 spiro atoms. The second-order valence-electron chi connectivity index (χ2n) is 8.95. The van der Waals surface area contributed by atoms with Crippen LogP contribution in [0.1, 0.15) is 13.3 Å². The minimum Gasteiger partial charge on any atom is -0.353 e. The highest BCUT2D eigenvalue weighted by Gasteiger charge is 2.72. The third kappa shape index (κ3) is 2.78. The number of hydrogen-bond acceptors (Lipinski definition) is 7. The smallest absolute Gasteiger partial charge is 0.254 e. The van der Waals surface area contributed by atoms with Crippen molar-refractivity contribution in [2.24, 2.45) is 24.8 Å². The number of alkyl halides is 2. The van der Waals surface area contributed by atoms with Gasteiger partial charge >= 0.3 is 0 Å². The summed E-state index contributed by atoms with van der Waals surface area (Å²) >= 11 is 0. The van der Waals surface area contributed by atoms with Gasteiger partial charge in [0.1, 0.15) is 12.3 Å². The van der Waals surface area contributed by atoms with Gasteiger partial charge in [-0.15, -0.1) is 0 Å². The number of ether oxygens (including phenoxy) is 1. The largest absolute Gasteiger partial charge is 0.353 e. The molecule has 11 heteroatoms. The van der Waals surface area contributed by atoms with Gasteiger partial charge < -0.3 is 15.0 Å². The van der Waals surface area contributed by atoms with E-state index in [1.54, 1.807) is 24.1 Å². The molecule has 4 aliphatic rings. The van der Waals surface area contributed by atoms with Crippen molar-refractivity contribution >= 4 is 17.5 Å². The lowest BCUT2D eigenvalue weighted by molar-refractivity contribution is 0.0919. The lowest BCUT2D eigenvalue weighted by Gasteiger charge is -2.24. The number of aromatic nitrogens is 4. The van der Waals surface area contributed by atoms with Crippen molar-refractivity contribution in [1.29, 1.82) is 0 Å². The molecule has 0 amide bonds. The summed E-state index contributed by atoms with van der Waals surface area (Å²) in [4.78, 5) is 10.3. The first-order chi connectivity index (χ1) is 14.3. The van der Waals surface area contributed by atoms with Crippen LogP contribution in [0, 0.1) is 23.6 Å². The minimum absolute atomic E-state index is 0.0905. The van der Waals surface area contributed by atoms with Crippen molar-refractivity contribution in [2.45, 2.75) is 37.1 Å². The van der Waals surface area contributed by atoms with Gasteiger partial charge in [0.25, 0.3) is 5.92 Å². The summed E-state index contributed by atoms with van der Waals surface area (Å²) in [6, 6.07) is 0. The minimum atomic E-state index is -2.59. The number of rotatable bonds is 6. The second-order valence-corrected chi connectivity index (χ2v) is 8.95. The predicted molar refractivity (Wildman–Crippen MR) is 101 cm³/mol. The Labute approximate surface area is 170 Å². The molecule has 2 aromatic rings. The summed E-state index contributed by atoms with van der Waals surface area (Å²) in [5, 5.41) is 10.6. The standard InChI is InChI=1S/C19H22F3N7O/c1-9-12-7-29(8-18(9,12)27-16-14(30-16)11-3-19(11,21)22)15-13(20)5-23-17(26-15)25-10-4-24-28(2)6-10/h4-6,9,11-12,14,16,27H,3,7-8H2,1-2H3,(H,23,25,26)/t9-,11-,12+,14?,16?,18+/m0/s1. The summed E-state index contributed by atoms with van der Waals surface area (Å²) in [6.45, 7) is 3.32. The van der Waals surface area contributed by atoms with Crippen LogP contribution in [-0.4, -0.2) is 56.6 Å². The van der Waals surface area contributed by atoms with Gasteiger partial charge in [-0.3, -0.25) is 10.00 Å². The highest BCUT2D eigenvalue weighted by Crippen LogP contribution is 2.60. The quantitative estimate of drug-likeness (QED) is 0.690. The zero-order chi connectivity index (χ0) is 20.8. The van der Waals surface area contributed by atoms with Crippen molar-refractivity contribution in [1.82, 2.24) is 25.1 Å². The first-order valence-corrected chi connectivity index (χ1v) is 10.1. The Morgan fingerprint density at radius 3 is 2.77 bits per heavy atom. The molecule has 2 aliphatic carbocycles. The van der Waals surface area contributed by atoms with E-state index >= 15 is 0 Å². The Kier molecular flexibility index (Phi) is 3.58. The highest BCUT2D eigenvalue weighted by molar-refractivity contribution is 5.55. The van der Waals surface area contributed by atoms with E-state index in [2.05, 4.69) is 32.6 Å². The molecule has 2 N–H and O–H groups in total. The van der Waals surface area contributed by atoms with Gasteiger partial charge in [0, 0.05) is 44.2 Å². The van der Waals surface area contributed by atoms with Crippen LogP contribution in [0.5, 0.6) is 0 Å².